The molecule has 0 saturated carbocycles. The zero-order valence-corrected chi connectivity index (χ0v) is 20.0. The number of carbonyl (C=O) groups is 1. The Morgan fingerprint density at radius 2 is 1.93 bits per heavy atom. The van der Waals surface area contributed by atoms with Crippen molar-refractivity contribution in [2.75, 3.05) is 25.3 Å². The van der Waals surface area contributed by atoms with Gasteiger partial charge in [-0.3, -0.25) is 4.79 Å². The van der Waals surface area contributed by atoms with Gasteiger partial charge in [0.2, 0.25) is 7.28 Å². The van der Waals surface area contributed by atoms with Gasteiger partial charge in [-0.15, -0.1) is 11.8 Å². The molecule has 5 nitrogen and oxygen atoms in total. The van der Waals surface area contributed by atoms with Crippen molar-refractivity contribution in [2.45, 2.75) is 69.5 Å². The molecule has 0 aromatic rings. The summed E-state index contributed by atoms with van der Waals surface area (Å²) in [5, 5.41) is 1.63. The van der Waals surface area contributed by atoms with Gasteiger partial charge in [0.25, 0.3) is 0 Å². The quantitative estimate of drug-likeness (QED) is 0.256. The molecule has 1 rings (SSSR count). The van der Waals surface area contributed by atoms with Gasteiger partial charge in [0.1, 0.15) is 18.4 Å². The highest BCUT2D eigenvalue weighted by Crippen LogP contribution is 2.37. The van der Waals surface area contributed by atoms with Gasteiger partial charge in [-0.05, 0) is 24.4 Å². The molecular weight excluding hydrogens is 441 g/mol. The van der Waals surface area contributed by atoms with E-state index >= 15 is 0 Å². The molecule has 12 heteroatoms. The Morgan fingerprint density at radius 3 is 2.47 bits per heavy atom. The van der Waals surface area contributed by atoms with Crippen LogP contribution < -0.4 is 5.32 Å². The molecule has 1 N–H and O–H groups in total. The summed E-state index contributed by atoms with van der Waals surface area (Å²) in [7, 11) is -2.09. The summed E-state index contributed by atoms with van der Waals surface area (Å²) < 4.78 is 68.8. The molecule has 1 unspecified atom stereocenters. The predicted octanol–water partition coefficient (Wildman–Crippen LogP) is 2.85. The number of hydrogen-bond acceptors (Lipinski definition) is 5. The van der Waals surface area contributed by atoms with E-state index in [1.165, 1.54) is 11.8 Å². The summed E-state index contributed by atoms with van der Waals surface area (Å²) >= 11 is 1.41. The third-order valence-corrected chi connectivity index (χ3v) is 10.1. The zero-order chi connectivity index (χ0) is 23.2. The molecule has 1 amide bonds. The van der Waals surface area contributed by atoms with Gasteiger partial charge in [-0.25, -0.2) is 4.39 Å². The molecule has 1 saturated heterocycles. The Kier molecular flexibility index (Phi) is 10.2. The fraction of sp³-hybridized carbons (Fsp3) is 0.833. The maximum Gasteiger partial charge on any atom is 0.471 e. The molecule has 0 spiro atoms. The number of ether oxygens (including phenoxy) is 2. The van der Waals surface area contributed by atoms with Crippen molar-refractivity contribution in [3.05, 3.63) is 0 Å². The standard InChI is InChI=1S/C18H30BF4NO4SSi/c1-17(2,3)30(5,6)27-10-12-14(26-11-29-4)13(20)15(28-12)19-8-7-9-24-16(25)18(21,22)23/h12-15,19H,9-11H2,1-6H3,(H,24,25)/t12-,13+,14?,15-/m1/s1. The predicted molar refractivity (Wildman–Crippen MR) is 114 cm³/mol. The Morgan fingerprint density at radius 1 is 1.30 bits per heavy atom. The fourth-order valence-electron chi connectivity index (χ4n) is 2.40. The van der Waals surface area contributed by atoms with E-state index in [9.17, 15) is 22.4 Å². The van der Waals surface area contributed by atoms with Crippen LogP contribution in [-0.4, -0.2) is 77.4 Å². The maximum absolute atomic E-state index is 14.9. The fourth-order valence-corrected chi connectivity index (χ4v) is 3.71. The number of alkyl halides is 4. The van der Waals surface area contributed by atoms with Crippen LogP contribution in [0.4, 0.5) is 17.6 Å². The number of rotatable bonds is 8. The van der Waals surface area contributed by atoms with Crippen molar-refractivity contribution in [1.29, 1.82) is 0 Å². The minimum atomic E-state index is -4.96. The molecule has 1 heterocycles. The summed E-state index contributed by atoms with van der Waals surface area (Å²) in [6, 6.07) is -0.879. The lowest BCUT2D eigenvalue weighted by Crippen LogP contribution is -2.44. The average molecular weight is 471 g/mol. The van der Waals surface area contributed by atoms with Crippen LogP contribution >= 0.6 is 11.8 Å². The van der Waals surface area contributed by atoms with Crippen LogP contribution in [0.3, 0.4) is 0 Å². The zero-order valence-electron chi connectivity index (χ0n) is 18.2. The first kappa shape index (κ1) is 27.3. The number of carbonyl (C=O) groups excluding carboxylic acids is 1. The SMILES string of the molecule is CSCOC1[C@@H](CO[Si](C)(C)C(C)(C)C)O[C@@H](BC#CCNC(=O)C(F)(F)F)[C@H]1F. The Balaban J connectivity index is 2.68. The van der Waals surface area contributed by atoms with Gasteiger partial charge in [0.05, 0.1) is 25.1 Å². The second kappa shape index (κ2) is 11.2. The highest BCUT2D eigenvalue weighted by molar-refractivity contribution is 7.98. The van der Waals surface area contributed by atoms with E-state index in [1.807, 2.05) is 6.26 Å². The molecular formula is C18H30BF4NO4SSi. The molecule has 0 aromatic carbocycles. The van der Waals surface area contributed by atoms with Gasteiger partial charge in [0.15, 0.2) is 8.32 Å². The van der Waals surface area contributed by atoms with Gasteiger partial charge >= 0.3 is 12.1 Å². The molecule has 0 radical (unpaired) electrons. The highest BCUT2D eigenvalue weighted by atomic mass is 32.2. The number of amides is 1. The second-order valence-corrected chi connectivity index (χ2v) is 14.1. The lowest BCUT2D eigenvalue weighted by atomic mass is 9.70. The van der Waals surface area contributed by atoms with E-state index < -0.39 is 51.3 Å². The van der Waals surface area contributed by atoms with Crippen molar-refractivity contribution >= 4 is 33.3 Å². The van der Waals surface area contributed by atoms with Crippen molar-refractivity contribution in [2.24, 2.45) is 0 Å². The van der Waals surface area contributed by atoms with E-state index in [0.29, 0.717) is 5.94 Å². The van der Waals surface area contributed by atoms with E-state index in [0.717, 1.165) is 0 Å². The number of nitrogens with one attached hydrogen (secondary N) is 1. The molecule has 0 bridgehead atoms. The smallest absolute Gasteiger partial charge is 0.414 e. The summed E-state index contributed by atoms with van der Waals surface area (Å²) in [6.07, 6.45) is -5.97. The molecule has 0 aliphatic carbocycles. The van der Waals surface area contributed by atoms with Crippen LogP contribution in [0.25, 0.3) is 0 Å². The van der Waals surface area contributed by atoms with Gasteiger partial charge < -0.3 is 19.2 Å². The number of thioether (sulfide) groups is 1. The normalized spacial score (nSPS) is 24.9. The van der Waals surface area contributed by atoms with Crippen LogP contribution in [0.5, 0.6) is 0 Å². The summed E-state index contributed by atoms with van der Waals surface area (Å²) in [5.41, 5.74) is 0. The lowest BCUT2D eigenvalue weighted by Gasteiger charge is -2.37. The molecule has 0 aromatic heterocycles. The number of halogens is 4. The van der Waals surface area contributed by atoms with Crippen LogP contribution in [0.1, 0.15) is 20.8 Å². The Labute approximate surface area is 181 Å². The lowest BCUT2D eigenvalue weighted by molar-refractivity contribution is -0.173. The monoisotopic (exact) mass is 471 g/mol. The number of hydrogen-bond donors (Lipinski definition) is 1. The Hall–Kier alpha value is -0.738. The third-order valence-electron chi connectivity index (χ3n) is 5.20. The molecule has 1 aliphatic heterocycles. The molecule has 1 aliphatic rings. The molecule has 172 valence electrons. The van der Waals surface area contributed by atoms with E-state index in [-0.39, 0.29) is 18.9 Å². The summed E-state index contributed by atoms with van der Waals surface area (Å²) in [5.74, 6) is 3.19. The summed E-state index contributed by atoms with van der Waals surface area (Å²) in [4.78, 5) is 10.7. The van der Waals surface area contributed by atoms with Crippen molar-refractivity contribution in [3.8, 4) is 11.7 Å². The minimum absolute atomic E-state index is 0.0118. The molecule has 4 atom stereocenters. The van der Waals surface area contributed by atoms with E-state index in [1.54, 1.807) is 5.32 Å². The van der Waals surface area contributed by atoms with Crippen molar-refractivity contribution in [3.63, 3.8) is 0 Å². The Bertz CT molecular complexity index is 636. The first-order valence-corrected chi connectivity index (χ1v) is 13.9. The van der Waals surface area contributed by atoms with E-state index in [2.05, 4.69) is 45.6 Å². The van der Waals surface area contributed by atoms with E-state index in [4.69, 9.17) is 13.9 Å². The van der Waals surface area contributed by atoms with Crippen LogP contribution in [0, 0.1) is 11.7 Å². The third kappa shape index (κ3) is 8.07. The van der Waals surface area contributed by atoms with Crippen LogP contribution in [0.2, 0.25) is 18.1 Å². The van der Waals surface area contributed by atoms with Crippen LogP contribution in [0.15, 0.2) is 0 Å². The first-order valence-electron chi connectivity index (χ1n) is 9.55. The largest absolute Gasteiger partial charge is 0.471 e. The average Bonchev–Trinajstić information content (AvgIpc) is 2.91. The topological polar surface area (TPSA) is 56.8 Å². The molecule has 30 heavy (non-hydrogen) atoms. The maximum atomic E-state index is 14.9. The van der Waals surface area contributed by atoms with Crippen molar-refractivity contribution in [1.82, 2.24) is 5.32 Å². The molecule has 1 fully saturated rings. The minimum Gasteiger partial charge on any atom is -0.414 e. The van der Waals surface area contributed by atoms with Crippen LogP contribution in [-0.2, 0) is 18.7 Å². The second-order valence-electron chi connectivity index (χ2n) is 8.50. The van der Waals surface area contributed by atoms with Gasteiger partial charge in [0, 0.05) is 0 Å². The highest BCUT2D eigenvalue weighted by Gasteiger charge is 2.47. The first-order chi connectivity index (χ1) is 13.7. The summed E-state index contributed by atoms with van der Waals surface area (Å²) in [6.45, 7) is 10.2. The van der Waals surface area contributed by atoms with Gasteiger partial charge in [-0.2, -0.15) is 19.0 Å². The van der Waals surface area contributed by atoms with Gasteiger partial charge in [-0.1, -0.05) is 26.7 Å². The van der Waals surface area contributed by atoms with Crippen molar-refractivity contribution < 1.29 is 36.3 Å².